The number of hydrogen-bond donors (Lipinski definition) is 0. The van der Waals surface area contributed by atoms with Crippen molar-refractivity contribution in [1.82, 2.24) is 54.0 Å². The zero-order chi connectivity index (χ0) is 90.6. The van der Waals surface area contributed by atoms with Gasteiger partial charge in [-0.05, 0) is 125 Å². The molecule has 0 bridgehead atoms. The van der Waals surface area contributed by atoms with E-state index in [9.17, 15) is 0 Å². The van der Waals surface area contributed by atoms with E-state index in [0.29, 0.717) is 52.4 Å². The van der Waals surface area contributed by atoms with E-state index in [-0.39, 0.29) is 0 Å². The summed E-state index contributed by atoms with van der Waals surface area (Å²) in [5.41, 5.74) is 26.6. The van der Waals surface area contributed by atoms with Crippen LogP contribution in [0.2, 0.25) is 0 Å². The molecule has 8 heterocycles. The first-order chi connectivity index (χ1) is 67.9. The van der Waals surface area contributed by atoms with Crippen molar-refractivity contribution in [3.63, 3.8) is 0 Å². The van der Waals surface area contributed by atoms with Gasteiger partial charge in [0.25, 0.3) is 0 Å². The molecule has 0 aliphatic carbocycles. The lowest BCUT2D eigenvalue weighted by molar-refractivity contribution is 0.668. The standard InChI is InChI=1S/C45H28N4O.C39H24N4O.C39H25N3O/c1-4-14-29(15-5-1)36-27-33(49-39-22-12-10-20-34(39)35-21-11-13-23-40(35)49)28-38-37-26-32(24-25-41(37)50-42(36)38)45-47-43(30-16-6-2-7-17-30)46-44(48-45)31-18-8-3-9-19-31;1-3-12-25(13-4-1)37-40-38(26-14-5-2-6-15-26)42-39(41-37)30-18-11-21-35-36(30)31-24-27(22-23-34(31)44-35)43-32-19-9-7-16-28(32)29-17-8-10-20-33(29)43;1-5-13-26(14-6-1)31-23-33(27-15-7-2-8-16-27)36-34(24-31)32-22-21-30(25-35(32)43-36)39-41-37(28-17-9-3-10-18-28)40-38(42-39)29-19-11-4-12-20-29/h1-28H;1-24H;1-25H. The van der Waals surface area contributed by atoms with Gasteiger partial charge in [0.05, 0.1) is 22.1 Å². The van der Waals surface area contributed by atoms with E-state index in [1.54, 1.807) is 0 Å². The van der Waals surface area contributed by atoms with E-state index in [1.165, 1.54) is 38.1 Å². The average molecular weight is 1760 g/mol. The van der Waals surface area contributed by atoms with Crippen LogP contribution in [-0.2, 0) is 0 Å². The second-order valence-electron chi connectivity index (χ2n) is 33.8. The van der Waals surface area contributed by atoms with Crippen LogP contribution >= 0.6 is 0 Å². The molecule has 642 valence electrons. The minimum Gasteiger partial charge on any atom is -0.456 e. The molecule has 0 saturated carbocycles. The average Bonchev–Trinajstić information content (AvgIpc) is 1.58. The molecular formula is C123H77N11O3. The summed E-state index contributed by atoms with van der Waals surface area (Å²) in [4.78, 5) is 44.5. The Morgan fingerprint density at radius 1 is 0.146 bits per heavy atom. The predicted octanol–water partition coefficient (Wildman–Crippen LogP) is 31.5. The summed E-state index contributed by atoms with van der Waals surface area (Å²) in [7, 11) is 0. The van der Waals surface area contributed by atoms with Gasteiger partial charge in [0, 0.05) is 126 Å². The normalized spacial score (nSPS) is 11.5. The number of fused-ring (bicyclic) bond motifs is 15. The first kappa shape index (κ1) is 80.3. The summed E-state index contributed by atoms with van der Waals surface area (Å²) in [6.07, 6.45) is 0. The lowest BCUT2D eigenvalue weighted by Gasteiger charge is -2.11. The highest BCUT2D eigenvalue weighted by atomic mass is 16.3. The Labute approximate surface area is 785 Å². The van der Waals surface area contributed by atoms with Crippen molar-refractivity contribution in [2.45, 2.75) is 0 Å². The van der Waals surface area contributed by atoms with Gasteiger partial charge in [0.1, 0.15) is 33.5 Å². The van der Waals surface area contributed by atoms with E-state index in [1.807, 2.05) is 231 Å². The molecule has 137 heavy (non-hydrogen) atoms. The van der Waals surface area contributed by atoms with Crippen LogP contribution in [0.15, 0.2) is 480 Å². The zero-order valence-corrected chi connectivity index (χ0v) is 73.6. The fourth-order valence-electron chi connectivity index (χ4n) is 19.0. The van der Waals surface area contributed by atoms with Crippen LogP contribution in [0.4, 0.5) is 0 Å². The van der Waals surface area contributed by atoms with Gasteiger partial charge in [-0.2, -0.15) is 0 Å². The Kier molecular flexibility index (Phi) is 20.2. The molecule has 19 aromatic carbocycles. The minimum absolute atomic E-state index is 0.600. The summed E-state index contributed by atoms with van der Waals surface area (Å²) in [5, 5.41) is 11.1. The first-order valence-electron chi connectivity index (χ1n) is 45.6. The number of para-hydroxylation sites is 4. The second-order valence-corrected chi connectivity index (χ2v) is 33.8. The summed E-state index contributed by atoms with van der Waals surface area (Å²) < 4.78 is 24.5. The third-order valence-corrected chi connectivity index (χ3v) is 25.4. The fraction of sp³-hybridized carbons (Fsp3) is 0. The quantitative estimate of drug-likeness (QED) is 0.101. The largest absolute Gasteiger partial charge is 0.456 e. The summed E-state index contributed by atoms with van der Waals surface area (Å²) in [6.45, 7) is 0. The van der Waals surface area contributed by atoms with Crippen LogP contribution in [-0.4, -0.2) is 54.0 Å². The summed E-state index contributed by atoms with van der Waals surface area (Å²) in [6, 6.07) is 160. The van der Waals surface area contributed by atoms with Crippen LogP contribution in [0.25, 0.3) is 257 Å². The zero-order valence-electron chi connectivity index (χ0n) is 73.6. The maximum atomic E-state index is 6.70. The first-order valence-corrected chi connectivity index (χ1v) is 45.6. The predicted molar refractivity (Wildman–Crippen MR) is 555 cm³/mol. The van der Waals surface area contributed by atoms with Crippen molar-refractivity contribution in [1.29, 1.82) is 0 Å². The van der Waals surface area contributed by atoms with E-state index in [0.717, 1.165) is 166 Å². The Bertz CT molecular complexity index is 8980. The van der Waals surface area contributed by atoms with Crippen LogP contribution in [0, 0.1) is 0 Å². The topological polar surface area (TPSA) is 165 Å². The van der Waals surface area contributed by atoms with Gasteiger partial charge >= 0.3 is 0 Å². The molecule has 0 aliphatic heterocycles. The lowest BCUT2D eigenvalue weighted by Crippen LogP contribution is -2.00. The monoisotopic (exact) mass is 1760 g/mol. The van der Waals surface area contributed by atoms with E-state index >= 15 is 0 Å². The molecule has 8 aromatic heterocycles. The molecule has 27 aromatic rings. The van der Waals surface area contributed by atoms with Crippen LogP contribution in [0.3, 0.4) is 0 Å². The fourth-order valence-corrected chi connectivity index (χ4v) is 19.0. The molecule has 14 heteroatoms. The highest BCUT2D eigenvalue weighted by Crippen LogP contribution is 2.46. The van der Waals surface area contributed by atoms with Crippen molar-refractivity contribution in [3.05, 3.63) is 467 Å². The van der Waals surface area contributed by atoms with Gasteiger partial charge in [0.2, 0.25) is 0 Å². The number of hydrogen-bond acceptors (Lipinski definition) is 12. The van der Waals surface area contributed by atoms with E-state index < -0.39 is 0 Å². The van der Waals surface area contributed by atoms with Crippen molar-refractivity contribution in [3.8, 4) is 147 Å². The molecule has 0 unspecified atom stereocenters. The van der Waals surface area contributed by atoms with Crippen LogP contribution in [0.5, 0.6) is 0 Å². The van der Waals surface area contributed by atoms with Gasteiger partial charge in [0.15, 0.2) is 52.4 Å². The molecule has 14 nitrogen and oxygen atoms in total. The van der Waals surface area contributed by atoms with Crippen LogP contribution in [0.1, 0.15) is 0 Å². The molecule has 0 spiro atoms. The Balaban J connectivity index is 0.000000110. The van der Waals surface area contributed by atoms with Gasteiger partial charge in [-0.3, -0.25) is 0 Å². The Hall–Kier alpha value is -18.8. The highest BCUT2D eigenvalue weighted by Gasteiger charge is 2.26. The third kappa shape index (κ3) is 15.0. The molecule has 0 N–H and O–H groups in total. The Morgan fingerprint density at radius 2 is 0.460 bits per heavy atom. The number of aromatic nitrogens is 11. The number of rotatable bonds is 14. The number of benzene rings is 19. The molecule has 0 aliphatic rings. The molecular weight excluding hydrogens is 1680 g/mol. The maximum Gasteiger partial charge on any atom is 0.164 e. The highest BCUT2D eigenvalue weighted by molar-refractivity contribution is 6.17. The van der Waals surface area contributed by atoms with Crippen molar-refractivity contribution in [2.24, 2.45) is 0 Å². The minimum atomic E-state index is 0.600. The van der Waals surface area contributed by atoms with Crippen molar-refractivity contribution >= 4 is 109 Å². The van der Waals surface area contributed by atoms with Gasteiger partial charge in [-0.15, -0.1) is 0 Å². The van der Waals surface area contributed by atoms with Crippen molar-refractivity contribution < 1.29 is 13.3 Å². The van der Waals surface area contributed by atoms with Crippen LogP contribution < -0.4 is 0 Å². The summed E-state index contributed by atoms with van der Waals surface area (Å²) in [5.74, 6) is 5.60. The maximum absolute atomic E-state index is 6.70. The second kappa shape index (κ2) is 34.5. The number of furan rings is 3. The molecule has 0 atom stereocenters. The van der Waals surface area contributed by atoms with Crippen molar-refractivity contribution in [2.75, 3.05) is 0 Å². The van der Waals surface area contributed by atoms with Gasteiger partial charge in [-0.1, -0.05) is 364 Å². The number of nitrogens with zero attached hydrogens (tertiary/aromatic N) is 11. The Morgan fingerprint density at radius 3 is 0.891 bits per heavy atom. The van der Waals surface area contributed by atoms with Gasteiger partial charge in [-0.25, -0.2) is 44.9 Å². The summed E-state index contributed by atoms with van der Waals surface area (Å²) >= 11 is 0. The smallest absolute Gasteiger partial charge is 0.164 e. The molecule has 27 rings (SSSR count). The van der Waals surface area contributed by atoms with E-state index in [2.05, 4.69) is 246 Å². The lowest BCUT2D eigenvalue weighted by atomic mass is 9.95. The third-order valence-electron chi connectivity index (χ3n) is 25.4. The molecule has 0 radical (unpaired) electrons. The molecule has 0 saturated heterocycles. The molecule has 0 fully saturated rings. The van der Waals surface area contributed by atoms with E-state index in [4.69, 9.17) is 58.1 Å². The van der Waals surface area contributed by atoms with Gasteiger partial charge < -0.3 is 22.4 Å². The molecule has 0 amide bonds. The SMILES string of the molecule is c1ccc(-c2cc(-c3ccccc3)c3oc4cc(-c5nc(-c6ccccc6)nc(-c6ccccc6)n5)ccc4c3c2)cc1.c1ccc(-c2nc(-c3ccccc3)nc(-c3ccc4oc5c(-c6ccccc6)cc(-n6c7ccccc7c7ccccc76)cc5c4c3)n2)cc1.c1ccc(-c2nc(-c3ccccc3)nc(-c3cccc4oc5ccc(-n6c7ccccc7c7ccccc76)cc5c34)n2)cc1.